The summed E-state index contributed by atoms with van der Waals surface area (Å²) in [7, 11) is 0. The maximum atomic E-state index is 12.7. The summed E-state index contributed by atoms with van der Waals surface area (Å²) >= 11 is 0. The summed E-state index contributed by atoms with van der Waals surface area (Å²) in [4.78, 5) is 39.2. The molecule has 0 spiro atoms. The van der Waals surface area contributed by atoms with E-state index in [-0.39, 0.29) is 0 Å². The first-order valence-corrected chi connectivity index (χ1v) is 8.36. The molecule has 126 valence electrons. The molecule has 3 saturated heterocycles. The van der Waals surface area contributed by atoms with Gasteiger partial charge in [0.25, 0.3) is 0 Å². The highest BCUT2D eigenvalue weighted by molar-refractivity contribution is 6.29. The lowest BCUT2D eigenvalue weighted by Crippen LogP contribution is -2.76. The van der Waals surface area contributed by atoms with Gasteiger partial charge in [0, 0.05) is 26.2 Å². The van der Waals surface area contributed by atoms with E-state index in [1.807, 2.05) is 5.94 Å². The predicted molar refractivity (Wildman–Crippen MR) is 82.1 cm³/mol. The first-order valence-electron chi connectivity index (χ1n) is 8.36. The van der Waals surface area contributed by atoms with E-state index in [1.54, 1.807) is 4.90 Å². The highest BCUT2D eigenvalue weighted by atomic mass is 16.5. The van der Waals surface area contributed by atoms with Gasteiger partial charge in [-0.1, -0.05) is 6.42 Å². The third-order valence-corrected chi connectivity index (χ3v) is 5.00. The highest BCUT2D eigenvalue weighted by Crippen LogP contribution is 2.34. The summed E-state index contributed by atoms with van der Waals surface area (Å²) in [5.74, 6) is 1.37. The van der Waals surface area contributed by atoms with Crippen LogP contribution in [0.15, 0.2) is 5.70 Å². The highest BCUT2D eigenvalue weighted by Gasteiger charge is 2.56. The molecule has 0 aliphatic carbocycles. The topological polar surface area (TPSA) is 79.0 Å². The Kier molecular flexibility index (Phi) is 4.92. The van der Waals surface area contributed by atoms with Crippen LogP contribution in [0.5, 0.6) is 0 Å². The monoisotopic (exact) mass is 321 g/mol. The zero-order chi connectivity index (χ0) is 16.3. The number of aldehydes is 1. The first kappa shape index (κ1) is 16.3. The molecule has 3 fully saturated rings. The van der Waals surface area contributed by atoms with Crippen LogP contribution >= 0.6 is 0 Å². The zero-order valence-electron chi connectivity index (χ0n) is 13.3. The van der Waals surface area contributed by atoms with Crippen LogP contribution < -0.4 is 5.32 Å². The number of allylic oxidation sites excluding steroid dienone is 1. The number of carbonyl (C=O) groups excluding carboxylic acids is 3. The molecule has 3 aliphatic heterocycles. The third kappa shape index (κ3) is 2.74. The summed E-state index contributed by atoms with van der Waals surface area (Å²) in [5.41, 5.74) is -0.860. The van der Waals surface area contributed by atoms with Crippen molar-refractivity contribution in [3.8, 4) is 0 Å². The molecule has 0 aromatic rings. The number of hydrogen-bond donors (Lipinski definition) is 1. The van der Waals surface area contributed by atoms with E-state index in [2.05, 4.69) is 10.2 Å². The van der Waals surface area contributed by atoms with Crippen molar-refractivity contribution in [1.82, 2.24) is 15.1 Å². The molecule has 1 N–H and O–H groups in total. The largest absolute Gasteiger partial charge is 0.357 e. The summed E-state index contributed by atoms with van der Waals surface area (Å²) in [5, 5.41) is 3.22. The number of carbonyl (C=O) groups is 2. The molecular formula is C16H23N3O4. The maximum Gasteiger partial charge on any atom is 0.239 e. The van der Waals surface area contributed by atoms with Gasteiger partial charge in [0.05, 0.1) is 6.61 Å². The molecular weight excluding hydrogens is 298 g/mol. The molecule has 0 amide bonds. The second kappa shape index (κ2) is 6.93. The van der Waals surface area contributed by atoms with Gasteiger partial charge in [-0.2, -0.15) is 0 Å². The standard InChI is InChI=1S/C16H23N3O4/c20-11-13-5-4-9-19(13)16(14(22)12-21)15(23-10-6-17-16)18-7-2-1-3-8-18/h12,15,17H,1-10H2. The number of hydrogen-bond acceptors (Lipinski definition) is 7. The van der Waals surface area contributed by atoms with E-state index in [1.165, 1.54) is 0 Å². The molecule has 3 rings (SSSR count). The fourth-order valence-electron chi connectivity index (χ4n) is 3.97. The molecule has 0 bridgehead atoms. The van der Waals surface area contributed by atoms with E-state index < -0.39 is 17.7 Å². The quantitative estimate of drug-likeness (QED) is 0.432. The SMILES string of the molecule is O=C=C1CCCN1C1(C(=O)C=O)NCCOC1N1CCCCC1. The summed E-state index contributed by atoms with van der Waals surface area (Å²) in [6, 6.07) is 0. The number of nitrogens with one attached hydrogen (secondary N) is 1. The van der Waals surface area contributed by atoms with Gasteiger partial charge in [-0.3, -0.25) is 19.8 Å². The molecule has 7 nitrogen and oxygen atoms in total. The molecule has 0 aromatic heterocycles. The zero-order valence-corrected chi connectivity index (χ0v) is 13.3. The number of Topliss-reactive ketones (excluding diaryl/α,β-unsaturated/α-hetero) is 1. The minimum Gasteiger partial charge on any atom is -0.357 e. The van der Waals surface area contributed by atoms with E-state index in [0.29, 0.717) is 38.1 Å². The normalized spacial score (nSPS) is 32.6. The average molecular weight is 321 g/mol. The Balaban J connectivity index is 2.01. The molecule has 0 radical (unpaired) electrons. The van der Waals surface area contributed by atoms with E-state index in [0.717, 1.165) is 38.8 Å². The van der Waals surface area contributed by atoms with Gasteiger partial charge < -0.3 is 9.64 Å². The third-order valence-electron chi connectivity index (χ3n) is 5.00. The van der Waals surface area contributed by atoms with Crippen LogP contribution in [0.1, 0.15) is 32.1 Å². The summed E-state index contributed by atoms with van der Waals surface area (Å²) < 4.78 is 5.96. The van der Waals surface area contributed by atoms with Gasteiger partial charge in [-0.15, -0.1) is 0 Å². The number of ether oxygens (including phenoxy) is 1. The Morgan fingerprint density at radius 2 is 2.04 bits per heavy atom. The van der Waals surface area contributed by atoms with Crippen molar-refractivity contribution >= 4 is 18.0 Å². The van der Waals surface area contributed by atoms with Crippen molar-refractivity contribution < 1.29 is 19.1 Å². The van der Waals surface area contributed by atoms with Crippen molar-refractivity contribution in [3.63, 3.8) is 0 Å². The number of nitrogens with zero attached hydrogens (tertiary/aromatic N) is 2. The average Bonchev–Trinajstić information content (AvgIpc) is 3.10. The Hall–Kier alpha value is -1.53. The second-order valence-electron chi connectivity index (χ2n) is 6.30. The maximum absolute atomic E-state index is 12.7. The lowest BCUT2D eigenvalue weighted by molar-refractivity contribution is -0.189. The summed E-state index contributed by atoms with van der Waals surface area (Å²) in [6.07, 6.45) is 4.38. The fourth-order valence-corrected chi connectivity index (χ4v) is 3.97. The van der Waals surface area contributed by atoms with Crippen LogP contribution in [0, 0.1) is 0 Å². The van der Waals surface area contributed by atoms with E-state index >= 15 is 0 Å². The first-order chi connectivity index (χ1) is 11.2. The Bertz CT molecular complexity index is 525. The Morgan fingerprint density at radius 3 is 2.74 bits per heavy atom. The van der Waals surface area contributed by atoms with Gasteiger partial charge in [0.2, 0.25) is 5.78 Å². The van der Waals surface area contributed by atoms with Crippen molar-refractivity contribution in [2.24, 2.45) is 0 Å². The van der Waals surface area contributed by atoms with Gasteiger partial charge in [0.15, 0.2) is 18.2 Å². The van der Waals surface area contributed by atoms with Gasteiger partial charge in [0.1, 0.15) is 11.6 Å². The molecule has 3 heterocycles. The molecule has 3 aliphatic rings. The molecule has 7 heteroatoms. The molecule has 23 heavy (non-hydrogen) atoms. The number of ketones is 1. The van der Waals surface area contributed by atoms with Crippen LogP contribution in [0.4, 0.5) is 0 Å². The Labute approximate surface area is 135 Å². The van der Waals surface area contributed by atoms with Crippen LogP contribution in [0.25, 0.3) is 0 Å². The van der Waals surface area contributed by atoms with Crippen LogP contribution in [0.2, 0.25) is 0 Å². The molecule has 2 unspecified atom stereocenters. The lowest BCUT2D eigenvalue weighted by atomic mass is 9.96. The minimum atomic E-state index is -1.30. The van der Waals surface area contributed by atoms with E-state index in [9.17, 15) is 14.4 Å². The smallest absolute Gasteiger partial charge is 0.239 e. The number of rotatable bonds is 4. The lowest BCUT2D eigenvalue weighted by Gasteiger charge is -2.52. The van der Waals surface area contributed by atoms with Gasteiger partial charge >= 0.3 is 0 Å². The Morgan fingerprint density at radius 1 is 1.26 bits per heavy atom. The fraction of sp³-hybridized carbons (Fsp3) is 0.750. The van der Waals surface area contributed by atoms with Crippen LogP contribution in [-0.2, 0) is 19.1 Å². The van der Waals surface area contributed by atoms with Crippen LogP contribution in [-0.4, -0.2) is 72.5 Å². The summed E-state index contributed by atoms with van der Waals surface area (Å²) in [6.45, 7) is 3.14. The van der Waals surface area contributed by atoms with Gasteiger partial charge in [-0.25, -0.2) is 4.79 Å². The van der Waals surface area contributed by atoms with Crippen molar-refractivity contribution in [1.29, 1.82) is 0 Å². The number of likely N-dealkylation sites (tertiary alicyclic amines) is 2. The number of morpholine rings is 1. The predicted octanol–water partition coefficient (Wildman–Crippen LogP) is -0.306. The second-order valence-corrected chi connectivity index (χ2v) is 6.30. The van der Waals surface area contributed by atoms with Crippen molar-refractivity contribution in [2.75, 3.05) is 32.8 Å². The van der Waals surface area contributed by atoms with Crippen molar-refractivity contribution in [3.05, 3.63) is 5.70 Å². The van der Waals surface area contributed by atoms with Crippen molar-refractivity contribution in [2.45, 2.75) is 44.0 Å². The minimum absolute atomic E-state index is 0.347. The molecule has 0 aromatic carbocycles. The number of piperidine rings is 1. The molecule has 0 saturated carbocycles. The van der Waals surface area contributed by atoms with Crippen LogP contribution in [0.3, 0.4) is 0 Å². The molecule has 2 atom stereocenters. The van der Waals surface area contributed by atoms with Gasteiger partial charge in [-0.05, 0) is 25.7 Å². The van der Waals surface area contributed by atoms with E-state index in [4.69, 9.17) is 4.74 Å².